The molecule has 0 saturated heterocycles. The highest BCUT2D eigenvalue weighted by Crippen LogP contribution is 2.38. The Morgan fingerprint density at radius 2 is 2.20 bits per heavy atom. The zero-order valence-corrected chi connectivity index (χ0v) is 11.8. The van der Waals surface area contributed by atoms with Crippen LogP contribution in [0.4, 0.5) is 5.69 Å². The third kappa shape index (κ3) is 2.10. The quantitative estimate of drug-likeness (QED) is 0.688. The molecular formula is C12H14N4O3S. The van der Waals surface area contributed by atoms with Gasteiger partial charge in [0.25, 0.3) is 11.6 Å². The van der Waals surface area contributed by atoms with E-state index < -0.39 is 10.5 Å². The number of hydrogen-bond acceptors (Lipinski definition) is 7. The van der Waals surface area contributed by atoms with Crippen molar-refractivity contribution in [1.82, 2.24) is 10.1 Å². The maximum atomic E-state index is 10.9. The van der Waals surface area contributed by atoms with Gasteiger partial charge in [-0.05, 0) is 19.8 Å². The van der Waals surface area contributed by atoms with E-state index in [9.17, 15) is 10.1 Å². The Kier molecular flexibility index (Phi) is 3.06. The van der Waals surface area contributed by atoms with Gasteiger partial charge in [0.05, 0.1) is 20.2 Å². The van der Waals surface area contributed by atoms with Crippen LogP contribution < -0.4 is 5.73 Å². The van der Waals surface area contributed by atoms with Crippen LogP contribution in [0.15, 0.2) is 10.6 Å². The van der Waals surface area contributed by atoms with Crippen molar-refractivity contribution in [3.63, 3.8) is 0 Å². The molecule has 0 unspecified atom stereocenters. The first kappa shape index (κ1) is 13.2. The Balaban J connectivity index is 1.94. The van der Waals surface area contributed by atoms with Crippen LogP contribution in [0.1, 0.15) is 36.4 Å². The van der Waals surface area contributed by atoms with Crippen molar-refractivity contribution in [2.75, 3.05) is 0 Å². The van der Waals surface area contributed by atoms with Gasteiger partial charge < -0.3 is 10.3 Å². The first-order chi connectivity index (χ1) is 9.49. The third-order valence-corrected chi connectivity index (χ3v) is 4.69. The molecule has 7 nitrogen and oxygen atoms in total. The molecule has 0 amide bonds. The summed E-state index contributed by atoms with van der Waals surface area (Å²) in [6.45, 7) is 1.70. The van der Waals surface area contributed by atoms with E-state index in [1.807, 2.05) is 0 Å². The molecular weight excluding hydrogens is 280 g/mol. The van der Waals surface area contributed by atoms with Crippen LogP contribution in [0.3, 0.4) is 0 Å². The summed E-state index contributed by atoms with van der Waals surface area (Å²) in [5.41, 5.74) is 5.83. The second kappa shape index (κ2) is 4.64. The van der Waals surface area contributed by atoms with Crippen LogP contribution >= 0.6 is 11.3 Å². The van der Waals surface area contributed by atoms with Crippen LogP contribution in [-0.2, 0) is 5.54 Å². The molecule has 1 aliphatic carbocycles. The molecule has 1 aliphatic rings. The smallest absolute Gasteiger partial charge is 0.283 e. The zero-order chi connectivity index (χ0) is 14.3. The van der Waals surface area contributed by atoms with E-state index in [0.29, 0.717) is 21.5 Å². The molecule has 1 saturated carbocycles. The van der Waals surface area contributed by atoms with Crippen molar-refractivity contribution < 1.29 is 9.45 Å². The van der Waals surface area contributed by atoms with Gasteiger partial charge in [0.1, 0.15) is 0 Å². The fourth-order valence-corrected chi connectivity index (χ4v) is 3.42. The molecule has 8 heteroatoms. The van der Waals surface area contributed by atoms with Crippen molar-refractivity contribution in [2.24, 2.45) is 5.73 Å². The molecule has 2 aromatic heterocycles. The maximum absolute atomic E-state index is 10.9. The van der Waals surface area contributed by atoms with Crippen LogP contribution in [0.5, 0.6) is 0 Å². The summed E-state index contributed by atoms with van der Waals surface area (Å²) < 4.78 is 5.22. The largest absolute Gasteiger partial charge is 0.333 e. The van der Waals surface area contributed by atoms with Gasteiger partial charge in [-0.1, -0.05) is 18.0 Å². The summed E-state index contributed by atoms with van der Waals surface area (Å²) in [4.78, 5) is 16.0. The molecule has 1 fully saturated rings. The molecule has 3 rings (SSSR count). The molecule has 0 radical (unpaired) electrons. The lowest BCUT2D eigenvalue weighted by atomic mass is 9.99. The monoisotopic (exact) mass is 294 g/mol. The van der Waals surface area contributed by atoms with Gasteiger partial charge in [-0.3, -0.25) is 10.1 Å². The number of aryl methyl sites for hydroxylation is 1. The summed E-state index contributed by atoms with van der Waals surface area (Å²) in [5.74, 6) is 0.802. The van der Waals surface area contributed by atoms with E-state index in [-0.39, 0.29) is 5.69 Å². The number of aromatic nitrogens is 2. The Hall–Kier alpha value is -1.80. The minimum absolute atomic E-state index is 0.0769. The summed E-state index contributed by atoms with van der Waals surface area (Å²) in [7, 11) is 0. The normalized spacial score (nSPS) is 17.5. The molecule has 106 valence electrons. The summed E-state index contributed by atoms with van der Waals surface area (Å²) in [6, 6.07) is 1.47. The van der Waals surface area contributed by atoms with Crippen molar-refractivity contribution in [3.05, 3.63) is 26.9 Å². The number of thiophene rings is 1. The van der Waals surface area contributed by atoms with Gasteiger partial charge in [0, 0.05) is 6.07 Å². The molecule has 0 aromatic carbocycles. The molecule has 2 aromatic rings. The fourth-order valence-electron chi connectivity index (χ4n) is 2.51. The van der Waals surface area contributed by atoms with Crippen molar-refractivity contribution in [3.8, 4) is 10.8 Å². The number of rotatable bonds is 3. The minimum atomic E-state index is -0.514. The van der Waals surface area contributed by atoms with E-state index in [1.165, 1.54) is 17.4 Å². The SMILES string of the molecule is Cc1sc(-c2nc(C3(N)CCCC3)no2)cc1[N+](=O)[O-]. The molecule has 0 bridgehead atoms. The van der Waals surface area contributed by atoms with Crippen molar-refractivity contribution in [2.45, 2.75) is 38.1 Å². The number of hydrogen-bond donors (Lipinski definition) is 1. The highest BCUT2D eigenvalue weighted by Gasteiger charge is 2.36. The molecule has 2 heterocycles. The lowest BCUT2D eigenvalue weighted by molar-refractivity contribution is -0.385. The lowest BCUT2D eigenvalue weighted by Crippen LogP contribution is -2.34. The summed E-state index contributed by atoms with van der Waals surface area (Å²) in [6.07, 6.45) is 3.80. The van der Waals surface area contributed by atoms with Crippen LogP contribution in [0.2, 0.25) is 0 Å². The van der Waals surface area contributed by atoms with Crippen molar-refractivity contribution in [1.29, 1.82) is 0 Å². The van der Waals surface area contributed by atoms with E-state index >= 15 is 0 Å². The van der Waals surface area contributed by atoms with Crippen LogP contribution in [-0.4, -0.2) is 15.1 Å². The first-order valence-corrected chi connectivity index (χ1v) is 7.19. The van der Waals surface area contributed by atoms with Gasteiger partial charge in [-0.2, -0.15) is 4.98 Å². The van der Waals surface area contributed by atoms with Gasteiger partial charge in [0.15, 0.2) is 5.82 Å². The highest BCUT2D eigenvalue weighted by atomic mass is 32.1. The highest BCUT2D eigenvalue weighted by molar-refractivity contribution is 7.15. The predicted molar refractivity (Wildman–Crippen MR) is 73.3 cm³/mol. The standard InChI is InChI=1S/C12H14N4O3S/c1-7-8(16(17)18)6-9(20-7)10-14-11(15-19-10)12(13)4-2-3-5-12/h6H,2-5,13H2,1H3. The Morgan fingerprint density at radius 3 is 2.80 bits per heavy atom. The van der Waals surface area contributed by atoms with Gasteiger partial charge in [-0.25, -0.2) is 0 Å². The average Bonchev–Trinajstić information content (AvgIpc) is 3.07. The van der Waals surface area contributed by atoms with E-state index in [0.717, 1.165) is 25.7 Å². The van der Waals surface area contributed by atoms with Crippen LogP contribution in [0, 0.1) is 17.0 Å². The van der Waals surface area contributed by atoms with Gasteiger partial charge in [-0.15, -0.1) is 11.3 Å². The Bertz CT molecular complexity index is 657. The predicted octanol–water partition coefficient (Wildman–Crippen LogP) is 2.74. The molecule has 2 N–H and O–H groups in total. The summed E-state index contributed by atoms with van der Waals surface area (Å²) in [5, 5.41) is 14.8. The van der Waals surface area contributed by atoms with Crippen molar-refractivity contribution >= 4 is 17.0 Å². The fraction of sp³-hybridized carbons (Fsp3) is 0.500. The molecule has 20 heavy (non-hydrogen) atoms. The van der Waals surface area contributed by atoms with E-state index in [2.05, 4.69) is 10.1 Å². The number of nitrogens with zero attached hydrogens (tertiary/aromatic N) is 3. The van der Waals surface area contributed by atoms with Gasteiger partial charge in [0.2, 0.25) is 0 Å². The second-order valence-electron chi connectivity index (χ2n) is 5.10. The Morgan fingerprint density at radius 1 is 1.50 bits per heavy atom. The molecule has 0 spiro atoms. The lowest BCUT2D eigenvalue weighted by Gasteiger charge is -2.17. The Labute approximate surface area is 118 Å². The van der Waals surface area contributed by atoms with E-state index in [1.54, 1.807) is 6.92 Å². The topological polar surface area (TPSA) is 108 Å². The van der Waals surface area contributed by atoms with E-state index in [4.69, 9.17) is 10.3 Å². The molecule has 0 aliphatic heterocycles. The maximum Gasteiger partial charge on any atom is 0.283 e. The first-order valence-electron chi connectivity index (χ1n) is 6.38. The number of nitrogens with two attached hydrogens (primary N) is 1. The summed E-state index contributed by atoms with van der Waals surface area (Å²) >= 11 is 1.27. The molecule has 0 atom stereocenters. The van der Waals surface area contributed by atoms with Gasteiger partial charge >= 0.3 is 0 Å². The second-order valence-corrected chi connectivity index (χ2v) is 6.35. The zero-order valence-electron chi connectivity index (χ0n) is 11.0. The third-order valence-electron chi connectivity index (χ3n) is 3.67. The van der Waals surface area contributed by atoms with Crippen LogP contribution in [0.25, 0.3) is 10.8 Å². The minimum Gasteiger partial charge on any atom is -0.333 e. The number of nitro groups is 1. The average molecular weight is 294 g/mol.